The van der Waals surface area contributed by atoms with Crippen LogP contribution in [0.3, 0.4) is 0 Å². The average Bonchev–Trinajstić information content (AvgIpc) is 3.81. The van der Waals surface area contributed by atoms with Crippen LogP contribution in [0.1, 0.15) is 47.2 Å². The van der Waals surface area contributed by atoms with Gasteiger partial charge < -0.3 is 19.1 Å². The van der Waals surface area contributed by atoms with Crippen molar-refractivity contribution >= 4 is 40.2 Å². The molecule has 0 aliphatic carbocycles. The van der Waals surface area contributed by atoms with E-state index in [1.807, 2.05) is 18.4 Å². The van der Waals surface area contributed by atoms with Gasteiger partial charge in [-0.3, -0.25) is 0 Å². The van der Waals surface area contributed by atoms with Crippen molar-refractivity contribution in [2.75, 3.05) is 13.2 Å². The fourth-order valence-electron chi connectivity index (χ4n) is 5.87. The van der Waals surface area contributed by atoms with Crippen molar-refractivity contribution in [3.63, 3.8) is 0 Å². The molecule has 6 aromatic rings. The Hall–Kier alpha value is -4.98. The molecule has 49 heavy (non-hydrogen) atoms. The first-order valence-corrected chi connectivity index (χ1v) is 15.8. The van der Waals surface area contributed by atoms with Gasteiger partial charge in [-0.25, -0.2) is 33.2 Å². The Bertz CT molecular complexity index is 2230. The van der Waals surface area contributed by atoms with E-state index < -0.39 is 17.6 Å². The van der Waals surface area contributed by atoms with Crippen LogP contribution in [0.15, 0.2) is 67.1 Å². The van der Waals surface area contributed by atoms with E-state index in [-0.39, 0.29) is 57.8 Å². The van der Waals surface area contributed by atoms with E-state index in [1.54, 1.807) is 36.7 Å². The Balaban J connectivity index is 1.16. The van der Waals surface area contributed by atoms with Gasteiger partial charge in [-0.1, -0.05) is 48.3 Å². The lowest BCUT2D eigenvalue weighted by Crippen LogP contribution is -2.27. The van der Waals surface area contributed by atoms with Crippen LogP contribution in [0.5, 0.6) is 5.88 Å². The second-order valence-electron chi connectivity index (χ2n) is 12.3. The topological polar surface area (TPSA) is 130 Å². The number of aromatic nitrogens is 7. The number of hydrogen-bond acceptors (Lipinski definition) is 8. The van der Waals surface area contributed by atoms with Gasteiger partial charge in [0.2, 0.25) is 5.88 Å². The highest BCUT2D eigenvalue weighted by molar-refractivity contribution is 6.35. The van der Waals surface area contributed by atoms with E-state index in [9.17, 15) is 9.90 Å². The van der Waals surface area contributed by atoms with Gasteiger partial charge in [0.1, 0.15) is 29.6 Å². The lowest BCUT2D eigenvalue weighted by atomic mass is 9.87. The first-order valence-electron chi connectivity index (χ1n) is 15.1. The van der Waals surface area contributed by atoms with Gasteiger partial charge in [0.25, 0.3) is 0 Å². The summed E-state index contributed by atoms with van der Waals surface area (Å²) in [6, 6.07) is 11.2. The molecule has 1 saturated heterocycles. The molecule has 7 rings (SSSR count). The number of pyridine rings is 2. The van der Waals surface area contributed by atoms with Crippen molar-refractivity contribution in [2.45, 2.75) is 32.9 Å². The van der Waals surface area contributed by atoms with Crippen LogP contribution in [-0.4, -0.2) is 58.8 Å². The van der Waals surface area contributed by atoms with E-state index >= 15 is 8.78 Å². The van der Waals surface area contributed by atoms with Crippen molar-refractivity contribution in [3.8, 4) is 23.0 Å². The Morgan fingerprint density at radius 3 is 2.63 bits per heavy atom. The number of fused-ring (bicyclic) bond motifs is 1. The monoisotopic (exact) mass is 705 g/mol. The number of carbonyl (C=O) groups is 1. The smallest absolute Gasteiger partial charge is 0.335 e. The summed E-state index contributed by atoms with van der Waals surface area (Å²) < 4.78 is 46.4. The van der Waals surface area contributed by atoms with Gasteiger partial charge in [0.05, 0.1) is 58.5 Å². The highest BCUT2D eigenvalue weighted by atomic mass is 35.5. The maximum absolute atomic E-state index is 15.8. The second kappa shape index (κ2) is 12.8. The summed E-state index contributed by atoms with van der Waals surface area (Å²) in [5.74, 6) is -1.47. The van der Waals surface area contributed by atoms with E-state index in [4.69, 9.17) is 37.7 Å². The summed E-state index contributed by atoms with van der Waals surface area (Å²) in [5.41, 5.74) is 1.21. The van der Waals surface area contributed by atoms with Crippen LogP contribution in [0.4, 0.5) is 8.78 Å². The summed E-state index contributed by atoms with van der Waals surface area (Å²) >= 11 is 12.9. The number of carboxylic acids is 1. The van der Waals surface area contributed by atoms with Crippen LogP contribution in [0.2, 0.25) is 10.0 Å². The standard InChI is InChI=1S/C34H27Cl2F2N7O4/c1-34(2)17-48-16-28(34)45-27-10-19(33(46)47)8-23(36)32(27)42-30(45)11-18-9-25(38)21(12-24(18)37)26-4-3-5-31(41-26)49-15-20-14-39-29(13-22(20)35)44-7-6-40-43-44/h3-10,12-14,28H,11,15-17H2,1-2H3,(H,46,47). The Labute approximate surface area is 288 Å². The van der Waals surface area contributed by atoms with E-state index in [0.29, 0.717) is 46.5 Å². The SMILES string of the molecule is CC1(C)COCC1n1c(Cc2cc(F)c(-c3cccc(OCc4cnc(-n5ccnn5)cc4Cl)n3)cc2F)nc2c(Cl)cc(C(=O)O)cc21. The maximum Gasteiger partial charge on any atom is 0.335 e. The summed E-state index contributed by atoms with van der Waals surface area (Å²) in [5, 5.41) is 17.9. The Morgan fingerprint density at radius 1 is 1.08 bits per heavy atom. The molecule has 11 nitrogen and oxygen atoms in total. The molecule has 1 aliphatic heterocycles. The number of nitrogens with zero attached hydrogens (tertiary/aromatic N) is 7. The zero-order valence-electron chi connectivity index (χ0n) is 26.1. The van der Waals surface area contributed by atoms with Gasteiger partial charge in [0, 0.05) is 41.3 Å². The molecule has 1 unspecified atom stereocenters. The van der Waals surface area contributed by atoms with E-state index in [0.717, 1.165) is 12.1 Å². The summed E-state index contributed by atoms with van der Waals surface area (Å²) in [7, 11) is 0. The third-order valence-electron chi connectivity index (χ3n) is 8.46. The molecule has 2 aromatic carbocycles. The molecule has 0 radical (unpaired) electrons. The summed E-state index contributed by atoms with van der Waals surface area (Å²) in [6.07, 6.45) is 4.61. The maximum atomic E-state index is 15.8. The molecule has 1 fully saturated rings. The molecule has 1 atom stereocenters. The number of halogens is 4. The number of aromatic carboxylic acids is 1. The van der Waals surface area contributed by atoms with Crippen LogP contribution in [0, 0.1) is 17.0 Å². The molecule has 15 heteroatoms. The Morgan fingerprint density at radius 2 is 1.92 bits per heavy atom. The minimum atomic E-state index is -1.15. The van der Waals surface area contributed by atoms with Crippen molar-refractivity contribution in [1.29, 1.82) is 0 Å². The van der Waals surface area contributed by atoms with Crippen molar-refractivity contribution < 1.29 is 28.2 Å². The average molecular weight is 707 g/mol. The third kappa shape index (κ3) is 6.32. The number of rotatable bonds is 9. The molecular formula is C34H27Cl2F2N7O4. The molecule has 0 amide bonds. The largest absolute Gasteiger partial charge is 0.478 e. The quantitative estimate of drug-likeness (QED) is 0.167. The summed E-state index contributed by atoms with van der Waals surface area (Å²) in [4.78, 5) is 25.3. The lowest BCUT2D eigenvalue weighted by Gasteiger charge is -2.28. The highest BCUT2D eigenvalue weighted by Crippen LogP contribution is 2.41. The molecule has 1 aliphatic rings. The minimum absolute atomic E-state index is 0.0111. The fourth-order valence-corrected chi connectivity index (χ4v) is 6.33. The zero-order chi connectivity index (χ0) is 34.4. The molecule has 4 aromatic heterocycles. The zero-order valence-corrected chi connectivity index (χ0v) is 27.6. The third-order valence-corrected chi connectivity index (χ3v) is 9.10. The lowest BCUT2D eigenvalue weighted by molar-refractivity contribution is 0.0697. The van der Waals surface area contributed by atoms with Gasteiger partial charge >= 0.3 is 5.97 Å². The van der Waals surface area contributed by atoms with Crippen molar-refractivity contribution in [1.82, 2.24) is 34.5 Å². The molecule has 0 spiro atoms. The second-order valence-corrected chi connectivity index (χ2v) is 13.1. The molecule has 0 bridgehead atoms. The number of imidazole rings is 1. The first kappa shape index (κ1) is 32.6. The number of ether oxygens (including phenoxy) is 2. The predicted octanol–water partition coefficient (Wildman–Crippen LogP) is 7.12. The van der Waals surface area contributed by atoms with Crippen LogP contribution in [0.25, 0.3) is 28.1 Å². The molecular weight excluding hydrogens is 679 g/mol. The number of carboxylic acid groups (broad SMARTS) is 1. The molecule has 250 valence electrons. The van der Waals surface area contributed by atoms with Crippen LogP contribution >= 0.6 is 23.2 Å². The number of hydrogen-bond donors (Lipinski definition) is 1. The van der Waals surface area contributed by atoms with E-state index in [1.165, 1.54) is 23.0 Å². The van der Waals surface area contributed by atoms with Gasteiger partial charge in [-0.2, -0.15) is 0 Å². The van der Waals surface area contributed by atoms with Crippen LogP contribution < -0.4 is 4.74 Å². The number of benzene rings is 2. The summed E-state index contributed by atoms with van der Waals surface area (Å²) in [6.45, 7) is 4.85. The molecule has 0 saturated carbocycles. The van der Waals surface area contributed by atoms with Gasteiger partial charge in [-0.15, -0.1) is 5.10 Å². The molecule has 1 N–H and O–H groups in total. The predicted molar refractivity (Wildman–Crippen MR) is 176 cm³/mol. The fraction of sp³-hybridized carbons (Fsp3) is 0.235. The van der Waals surface area contributed by atoms with Crippen LogP contribution in [-0.2, 0) is 17.8 Å². The Kier molecular flexibility index (Phi) is 8.51. The van der Waals surface area contributed by atoms with Gasteiger partial charge in [-0.05, 0) is 35.9 Å². The van der Waals surface area contributed by atoms with Crippen molar-refractivity contribution in [2.24, 2.45) is 5.41 Å². The highest BCUT2D eigenvalue weighted by Gasteiger charge is 2.39. The first-order chi connectivity index (χ1) is 23.5. The minimum Gasteiger partial charge on any atom is -0.478 e. The van der Waals surface area contributed by atoms with E-state index in [2.05, 4.69) is 20.3 Å². The molecule has 5 heterocycles. The van der Waals surface area contributed by atoms with Crippen molar-refractivity contribution in [3.05, 3.63) is 111 Å². The van der Waals surface area contributed by atoms with Gasteiger partial charge in [0.15, 0.2) is 5.82 Å². The normalized spacial score (nSPS) is 15.6.